The van der Waals surface area contributed by atoms with Crippen LogP contribution in [0.4, 0.5) is 0 Å². The second kappa shape index (κ2) is 7.24. The molecule has 0 aromatic rings. The molecule has 1 saturated carbocycles. The quantitative estimate of drug-likeness (QED) is 0.688. The Balaban J connectivity index is 2.40. The molecule has 3 atom stereocenters. The van der Waals surface area contributed by atoms with Crippen molar-refractivity contribution in [2.24, 2.45) is 5.92 Å². The van der Waals surface area contributed by atoms with Gasteiger partial charge in [0.25, 0.3) is 0 Å². The Bertz CT molecular complexity index is 161. The minimum absolute atomic E-state index is 0.358. The van der Waals surface area contributed by atoms with Gasteiger partial charge in [-0.3, -0.25) is 0 Å². The molecule has 0 amide bonds. The summed E-state index contributed by atoms with van der Waals surface area (Å²) in [7, 11) is 0. The molecule has 0 aromatic heterocycles. The first-order chi connectivity index (χ1) is 7.27. The Morgan fingerprint density at radius 3 is 2.67 bits per heavy atom. The summed E-state index contributed by atoms with van der Waals surface area (Å²) in [4.78, 5) is 0. The van der Waals surface area contributed by atoms with E-state index in [-0.39, 0.29) is 0 Å². The number of hydrogen-bond acceptors (Lipinski definition) is 2. The number of aliphatic hydroxyl groups is 1. The predicted molar refractivity (Wildman–Crippen MR) is 65.0 cm³/mol. The van der Waals surface area contributed by atoms with Gasteiger partial charge in [-0.1, -0.05) is 32.6 Å². The van der Waals surface area contributed by atoms with E-state index in [2.05, 4.69) is 19.2 Å². The Kier molecular flexibility index (Phi) is 6.26. The van der Waals surface area contributed by atoms with Gasteiger partial charge in [-0.05, 0) is 32.1 Å². The molecule has 2 N–H and O–H groups in total. The predicted octanol–water partition coefficient (Wildman–Crippen LogP) is 2.71. The zero-order valence-corrected chi connectivity index (χ0v) is 10.3. The molecule has 90 valence electrons. The topological polar surface area (TPSA) is 32.3 Å². The minimum Gasteiger partial charge on any atom is -0.396 e. The van der Waals surface area contributed by atoms with Crippen LogP contribution in [0.1, 0.15) is 58.8 Å². The Hall–Kier alpha value is -0.0800. The van der Waals surface area contributed by atoms with Crippen LogP contribution in [-0.4, -0.2) is 23.8 Å². The Labute approximate surface area is 94.5 Å². The Morgan fingerprint density at radius 1 is 1.27 bits per heavy atom. The van der Waals surface area contributed by atoms with Crippen molar-refractivity contribution in [1.82, 2.24) is 5.32 Å². The first-order valence-corrected chi connectivity index (χ1v) is 6.64. The second-order valence-electron chi connectivity index (χ2n) is 5.04. The molecule has 0 aliphatic heterocycles. The number of aliphatic hydroxyl groups excluding tert-OH is 1. The van der Waals surface area contributed by atoms with Crippen molar-refractivity contribution in [1.29, 1.82) is 0 Å². The van der Waals surface area contributed by atoms with E-state index in [1.165, 1.54) is 44.9 Å². The summed E-state index contributed by atoms with van der Waals surface area (Å²) in [5.74, 6) is 0.492. The van der Waals surface area contributed by atoms with E-state index in [0.717, 1.165) is 0 Å². The van der Waals surface area contributed by atoms with Crippen LogP contribution in [0.15, 0.2) is 0 Å². The van der Waals surface area contributed by atoms with Gasteiger partial charge in [-0.25, -0.2) is 0 Å². The lowest BCUT2D eigenvalue weighted by Gasteiger charge is -2.28. The summed E-state index contributed by atoms with van der Waals surface area (Å²) in [6.07, 6.45) is 8.90. The molecule has 0 radical (unpaired) electrons. The lowest BCUT2D eigenvalue weighted by atomic mass is 9.94. The second-order valence-corrected chi connectivity index (χ2v) is 5.04. The van der Waals surface area contributed by atoms with E-state index >= 15 is 0 Å². The maximum Gasteiger partial charge on any atom is 0.0474 e. The maximum atomic E-state index is 9.39. The average molecular weight is 213 g/mol. The van der Waals surface area contributed by atoms with Gasteiger partial charge in [0.15, 0.2) is 0 Å². The van der Waals surface area contributed by atoms with Crippen LogP contribution in [0.3, 0.4) is 0 Å². The van der Waals surface area contributed by atoms with Crippen molar-refractivity contribution >= 4 is 0 Å². The van der Waals surface area contributed by atoms with Gasteiger partial charge in [-0.2, -0.15) is 0 Å². The first-order valence-electron chi connectivity index (χ1n) is 6.64. The van der Waals surface area contributed by atoms with Gasteiger partial charge in [0, 0.05) is 18.7 Å². The highest BCUT2D eigenvalue weighted by atomic mass is 16.3. The molecular formula is C13H27NO. The van der Waals surface area contributed by atoms with Crippen molar-refractivity contribution in [2.75, 3.05) is 6.61 Å². The monoisotopic (exact) mass is 213 g/mol. The van der Waals surface area contributed by atoms with E-state index in [1.807, 2.05) is 0 Å². The third-order valence-electron chi connectivity index (χ3n) is 3.61. The smallest absolute Gasteiger partial charge is 0.0474 e. The molecule has 1 fully saturated rings. The third-order valence-corrected chi connectivity index (χ3v) is 3.61. The molecule has 15 heavy (non-hydrogen) atoms. The minimum atomic E-state index is 0.358. The van der Waals surface area contributed by atoms with Crippen molar-refractivity contribution < 1.29 is 5.11 Å². The summed E-state index contributed by atoms with van der Waals surface area (Å²) < 4.78 is 0. The fourth-order valence-electron chi connectivity index (χ4n) is 2.70. The van der Waals surface area contributed by atoms with Crippen molar-refractivity contribution in [3.63, 3.8) is 0 Å². The van der Waals surface area contributed by atoms with Crippen LogP contribution in [0.25, 0.3) is 0 Å². The van der Waals surface area contributed by atoms with Gasteiger partial charge in [0.05, 0.1) is 0 Å². The van der Waals surface area contributed by atoms with E-state index in [0.29, 0.717) is 24.6 Å². The fraction of sp³-hybridized carbons (Fsp3) is 1.00. The van der Waals surface area contributed by atoms with Gasteiger partial charge in [0.1, 0.15) is 0 Å². The Morgan fingerprint density at radius 2 is 2.00 bits per heavy atom. The molecule has 1 aliphatic carbocycles. The van der Waals surface area contributed by atoms with Gasteiger partial charge in [-0.15, -0.1) is 0 Å². The van der Waals surface area contributed by atoms with Crippen molar-refractivity contribution in [3.8, 4) is 0 Å². The molecule has 0 heterocycles. The van der Waals surface area contributed by atoms with Crippen LogP contribution in [0, 0.1) is 5.92 Å². The summed E-state index contributed by atoms with van der Waals surface area (Å²) >= 11 is 0. The fourth-order valence-corrected chi connectivity index (χ4v) is 2.70. The number of hydrogen-bond donors (Lipinski definition) is 2. The molecule has 2 nitrogen and oxygen atoms in total. The lowest BCUT2D eigenvalue weighted by molar-refractivity contribution is 0.175. The SMILES string of the molecule is CCCC(C)NC1CCCCCC1CO. The van der Waals surface area contributed by atoms with Gasteiger partial charge < -0.3 is 10.4 Å². The number of nitrogens with one attached hydrogen (secondary N) is 1. The van der Waals surface area contributed by atoms with Gasteiger partial charge in [0.2, 0.25) is 0 Å². The standard InChI is InChI=1S/C13H27NO/c1-3-7-11(2)14-13-9-6-4-5-8-12(13)10-15/h11-15H,3-10H2,1-2H3. The lowest BCUT2D eigenvalue weighted by Crippen LogP contribution is -2.42. The average Bonchev–Trinajstić information content (AvgIpc) is 2.43. The van der Waals surface area contributed by atoms with Crippen LogP contribution in [0.2, 0.25) is 0 Å². The first kappa shape index (κ1) is 13.0. The van der Waals surface area contributed by atoms with E-state index in [1.54, 1.807) is 0 Å². The molecule has 0 saturated heterocycles. The van der Waals surface area contributed by atoms with Crippen LogP contribution in [0.5, 0.6) is 0 Å². The van der Waals surface area contributed by atoms with E-state index < -0.39 is 0 Å². The molecule has 0 aromatic carbocycles. The molecule has 1 aliphatic rings. The molecule has 0 bridgehead atoms. The molecular weight excluding hydrogens is 186 g/mol. The summed E-state index contributed by atoms with van der Waals surface area (Å²) in [6, 6.07) is 1.16. The summed E-state index contributed by atoms with van der Waals surface area (Å²) in [6.45, 7) is 4.86. The van der Waals surface area contributed by atoms with E-state index in [9.17, 15) is 5.11 Å². The van der Waals surface area contributed by atoms with Crippen molar-refractivity contribution in [2.45, 2.75) is 70.9 Å². The summed E-state index contributed by atoms with van der Waals surface area (Å²) in [5, 5.41) is 13.1. The van der Waals surface area contributed by atoms with Crippen LogP contribution >= 0.6 is 0 Å². The highest BCUT2D eigenvalue weighted by Gasteiger charge is 2.23. The number of rotatable bonds is 5. The molecule has 0 spiro atoms. The zero-order chi connectivity index (χ0) is 11.1. The normalized spacial score (nSPS) is 29.8. The van der Waals surface area contributed by atoms with Crippen molar-refractivity contribution in [3.05, 3.63) is 0 Å². The zero-order valence-electron chi connectivity index (χ0n) is 10.3. The largest absolute Gasteiger partial charge is 0.396 e. The molecule has 3 unspecified atom stereocenters. The summed E-state index contributed by atoms with van der Waals surface area (Å²) in [5.41, 5.74) is 0. The molecule has 1 rings (SSSR count). The molecule has 2 heteroatoms. The van der Waals surface area contributed by atoms with Crippen LogP contribution < -0.4 is 5.32 Å². The maximum absolute atomic E-state index is 9.39. The highest BCUT2D eigenvalue weighted by molar-refractivity contribution is 4.81. The van der Waals surface area contributed by atoms with Crippen LogP contribution in [-0.2, 0) is 0 Å². The van der Waals surface area contributed by atoms with E-state index in [4.69, 9.17) is 0 Å². The highest BCUT2D eigenvalue weighted by Crippen LogP contribution is 2.23. The third kappa shape index (κ3) is 4.52. The van der Waals surface area contributed by atoms with Gasteiger partial charge >= 0.3 is 0 Å².